The van der Waals surface area contributed by atoms with Crippen LogP contribution in [0.1, 0.15) is 31.2 Å². The number of carbonyl (C=O) groups excluding carboxylic acids is 2. The third kappa shape index (κ3) is 6.06. The molecule has 1 N–H and O–H groups in total. The molecular weight excluding hydrogens is 386 g/mol. The van der Waals surface area contributed by atoms with E-state index in [0.717, 1.165) is 0 Å². The second-order valence-corrected chi connectivity index (χ2v) is 6.12. The van der Waals surface area contributed by atoms with Crippen LogP contribution >= 0.6 is 11.6 Å². The van der Waals surface area contributed by atoms with Crippen molar-refractivity contribution in [1.29, 1.82) is 0 Å². The number of ether oxygens (including phenoxy) is 3. The molecule has 0 aliphatic carbocycles. The molecule has 0 aliphatic heterocycles. The van der Waals surface area contributed by atoms with Crippen molar-refractivity contribution < 1.29 is 28.2 Å². The minimum Gasteiger partial charge on any atom is -0.493 e. The molecule has 150 valence electrons. The molecular formula is C20H22ClNO6. The third-order valence-corrected chi connectivity index (χ3v) is 3.93. The fourth-order valence-electron chi connectivity index (χ4n) is 2.36. The van der Waals surface area contributed by atoms with Crippen LogP contribution in [0.5, 0.6) is 11.5 Å². The van der Waals surface area contributed by atoms with E-state index in [4.69, 9.17) is 30.2 Å². The Hall–Kier alpha value is -2.93. The summed E-state index contributed by atoms with van der Waals surface area (Å²) < 4.78 is 20.8. The van der Waals surface area contributed by atoms with E-state index >= 15 is 0 Å². The van der Waals surface area contributed by atoms with Crippen molar-refractivity contribution in [3.63, 3.8) is 0 Å². The summed E-state index contributed by atoms with van der Waals surface area (Å²) in [4.78, 5) is 23.7. The number of amides is 1. The van der Waals surface area contributed by atoms with Gasteiger partial charge in [0.1, 0.15) is 5.76 Å². The molecule has 7 nitrogen and oxygen atoms in total. The van der Waals surface area contributed by atoms with Crippen LogP contribution in [0.4, 0.5) is 0 Å². The van der Waals surface area contributed by atoms with Gasteiger partial charge in [0.05, 0.1) is 31.0 Å². The highest BCUT2D eigenvalue weighted by Crippen LogP contribution is 2.36. The van der Waals surface area contributed by atoms with Crippen LogP contribution in [-0.4, -0.2) is 32.2 Å². The summed E-state index contributed by atoms with van der Waals surface area (Å²) in [5, 5.41) is 3.03. The highest BCUT2D eigenvalue weighted by atomic mass is 35.5. The highest BCUT2D eigenvalue weighted by molar-refractivity contribution is 6.32. The van der Waals surface area contributed by atoms with Crippen LogP contribution in [0.15, 0.2) is 41.0 Å². The zero-order valence-corrected chi connectivity index (χ0v) is 16.6. The Kier molecular flexibility index (Phi) is 7.95. The second kappa shape index (κ2) is 10.4. The molecule has 8 heteroatoms. The molecule has 2 rings (SSSR count). The van der Waals surface area contributed by atoms with Crippen molar-refractivity contribution in [2.24, 2.45) is 0 Å². The maximum absolute atomic E-state index is 11.9. The average molecular weight is 408 g/mol. The molecule has 0 spiro atoms. The number of nitrogens with one attached hydrogen (secondary N) is 1. The summed E-state index contributed by atoms with van der Waals surface area (Å²) in [6.45, 7) is 3.65. The van der Waals surface area contributed by atoms with Gasteiger partial charge >= 0.3 is 5.97 Å². The van der Waals surface area contributed by atoms with E-state index in [0.29, 0.717) is 34.5 Å². The number of benzene rings is 1. The van der Waals surface area contributed by atoms with Gasteiger partial charge in [-0.1, -0.05) is 11.6 Å². The van der Waals surface area contributed by atoms with Crippen molar-refractivity contribution in [3.05, 3.63) is 53.0 Å². The number of hydrogen-bond acceptors (Lipinski definition) is 6. The zero-order valence-electron chi connectivity index (χ0n) is 15.9. The fourth-order valence-corrected chi connectivity index (χ4v) is 2.64. The lowest BCUT2D eigenvalue weighted by Gasteiger charge is -2.12. The SMILES string of the molecule is CCOc1c(Cl)cc(/C=C/C(=O)OCC(=O)N[C@@H](C)c2ccco2)cc1OC. The predicted molar refractivity (Wildman–Crippen MR) is 104 cm³/mol. The van der Waals surface area contributed by atoms with Gasteiger partial charge in [0, 0.05) is 6.08 Å². The average Bonchev–Trinajstić information content (AvgIpc) is 3.21. The third-order valence-electron chi connectivity index (χ3n) is 3.65. The fraction of sp³-hybridized carbons (Fsp3) is 0.300. The quantitative estimate of drug-likeness (QED) is 0.503. The first-order valence-electron chi connectivity index (χ1n) is 8.62. The van der Waals surface area contributed by atoms with Crippen LogP contribution in [0.2, 0.25) is 5.02 Å². The van der Waals surface area contributed by atoms with Crippen LogP contribution in [0.25, 0.3) is 6.08 Å². The molecule has 2 aromatic rings. The van der Waals surface area contributed by atoms with Gasteiger partial charge in [-0.25, -0.2) is 4.79 Å². The van der Waals surface area contributed by atoms with Crippen LogP contribution in [0, 0.1) is 0 Å². The number of esters is 1. The Morgan fingerprint density at radius 1 is 1.36 bits per heavy atom. The molecule has 0 bridgehead atoms. The number of methoxy groups -OCH3 is 1. The molecule has 1 amide bonds. The first-order valence-corrected chi connectivity index (χ1v) is 9.00. The summed E-state index contributed by atoms with van der Waals surface area (Å²) in [6, 6.07) is 6.46. The van der Waals surface area contributed by atoms with Gasteiger partial charge in [0.2, 0.25) is 0 Å². The van der Waals surface area contributed by atoms with Gasteiger partial charge in [-0.05, 0) is 49.8 Å². The summed E-state index contributed by atoms with van der Waals surface area (Å²) in [7, 11) is 1.50. The molecule has 0 saturated carbocycles. The van der Waals surface area contributed by atoms with Crippen molar-refractivity contribution >= 4 is 29.6 Å². The Bertz CT molecular complexity index is 831. The molecule has 0 unspecified atom stereocenters. The van der Waals surface area contributed by atoms with Gasteiger partial charge in [0.25, 0.3) is 5.91 Å². The minimum atomic E-state index is -0.662. The lowest BCUT2D eigenvalue weighted by atomic mass is 10.2. The molecule has 1 aromatic heterocycles. The van der Waals surface area contributed by atoms with Gasteiger partial charge in [-0.15, -0.1) is 0 Å². The van der Waals surface area contributed by atoms with Crippen molar-refractivity contribution in [3.8, 4) is 11.5 Å². The minimum absolute atomic E-state index is 0.324. The predicted octanol–water partition coefficient (Wildman–Crippen LogP) is 3.77. The van der Waals surface area contributed by atoms with Crippen molar-refractivity contribution in [2.75, 3.05) is 20.3 Å². The molecule has 1 aromatic carbocycles. The van der Waals surface area contributed by atoms with E-state index in [9.17, 15) is 9.59 Å². The number of halogens is 1. The van der Waals surface area contributed by atoms with E-state index in [-0.39, 0.29) is 6.04 Å². The van der Waals surface area contributed by atoms with E-state index in [2.05, 4.69) is 5.32 Å². The molecule has 0 aliphatic rings. The summed E-state index contributed by atoms with van der Waals surface area (Å²) in [5.74, 6) is 0.407. The van der Waals surface area contributed by atoms with E-state index in [1.165, 1.54) is 25.5 Å². The smallest absolute Gasteiger partial charge is 0.331 e. The van der Waals surface area contributed by atoms with E-state index in [1.54, 1.807) is 31.2 Å². The largest absolute Gasteiger partial charge is 0.493 e. The number of carbonyl (C=O) groups is 2. The maximum Gasteiger partial charge on any atom is 0.331 e. The van der Waals surface area contributed by atoms with Crippen molar-refractivity contribution in [2.45, 2.75) is 19.9 Å². The zero-order chi connectivity index (χ0) is 20.5. The molecule has 0 saturated heterocycles. The molecule has 28 heavy (non-hydrogen) atoms. The van der Waals surface area contributed by atoms with Gasteiger partial charge < -0.3 is 23.9 Å². The van der Waals surface area contributed by atoms with Crippen LogP contribution in [-0.2, 0) is 14.3 Å². The number of rotatable bonds is 9. The topological polar surface area (TPSA) is 87.0 Å². The molecule has 1 heterocycles. The highest BCUT2D eigenvalue weighted by Gasteiger charge is 2.13. The standard InChI is InChI=1S/C20H22ClNO6/c1-4-26-20-15(21)10-14(11-17(20)25-3)7-8-19(24)28-12-18(23)22-13(2)16-6-5-9-27-16/h5-11,13H,4,12H2,1-3H3,(H,22,23)/b8-7+/t13-/m0/s1. The monoisotopic (exact) mass is 407 g/mol. The summed E-state index contributed by atoms with van der Waals surface area (Å²) in [6.07, 6.45) is 4.23. The molecule has 1 atom stereocenters. The normalized spacial score (nSPS) is 11.9. The second-order valence-electron chi connectivity index (χ2n) is 5.71. The number of furan rings is 1. The van der Waals surface area contributed by atoms with Crippen LogP contribution < -0.4 is 14.8 Å². The van der Waals surface area contributed by atoms with E-state index in [1.807, 2.05) is 6.92 Å². The molecule has 0 fully saturated rings. The van der Waals surface area contributed by atoms with Crippen molar-refractivity contribution in [1.82, 2.24) is 5.32 Å². The Balaban J connectivity index is 1.89. The van der Waals surface area contributed by atoms with Crippen LogP contribution in [0.3, 0.4) is 0 Å². The first kappa shape index (κ1) is 21.4. The summed E-state index contributed by atoms with van der Waals surface area (Å²) >= 11 is 6.19. The van der Waals surface area contributed by atoms with E-state index < -0.39 is 18.5 Å². The lowest BCUT2D eigenvalue weighted by Crippen LogP contribution is -2.30. The maximum atomic E-state index is 11.9. The first-order chi connectivity index (χ1) is 13.4. The van der Waals surface area contributed by atoms with Gasteiger partial charge in [-0.3, -0.25) is 4.79 Å². The van der Waals surface area contributed by atoms with Gasteiger partial charge in [-0.2, -0.15) is 0 Å². The van der Waals surface area contributed by atoms with Gasteiger partial charge in [0.15, 0.2) is 18.1 Å². The Morgan fingerprint density at radius 3 is 2.79 bits per heavy atom. The Morgan fingerprint density at radius 2 is 2.14 bits per heavy atom. The lowest BCUT2D eigenvalue weighted by molar-refractivity contribution is -0.144. The molecule has 0 radical (unpaired) electrons. The summed E-state index contributed by atoms with van der Waals surface area (Å²) in [5.41, 5.74) is 0.623. The Labute approximate surface area is 168 Å². The number of hydrogen-bond donors (Lipinski definition) is 1.